The number of benzene rings is 2. The van der Waals surface area contributed by atoms with E-state index >= 15 is 0 Å². The average molecular weight is 384 g/mol. The van der Waals surface area contributed by atoms with Gasteiger partial charge in [-0.2, -0.15) is 0 Å². The quantitative estimate of drug-likeness (QED) is 0.622. The second-order valence-corrected chi connectivity index (χ2v) is 6.80. The lowest BCUT2D eigenvalue weighted by Crippen LogP contribution is -2.31. The first-order chi connectivity index (χ1) is 13.0. The number of para-hydroxylation sites is 1. The number of anilines is 1. The van der Waals surface area contributed by atoms with Crippen molar-refractivity contribution in [1.82, 2.24) is 4.98 Å². The molecule has 3 aromatic rings. The Labute approximate surface area is 160 Å². The van der Waals surface area contributed by atoms with E-state index in [-0.39, 0.29) is 18.3 Å². The summed E-state index contributed by atoms with van der Waals surface area (Å²) in [5.74, 6) is -1.28. The van der Waals surface area contributed by atoms with Crippen molar-refractivity contribution < 1.29 is 18.7 Å². The number of amides is 1. The molecule has 0 atom stereocenters. The molecule has 0 aliphatic rings. The summed E-state index contributed by atoms with van der Waals surface area (Å²) in [6, 6.07) is 15.0. The third-order valence-corrected chi connectivity index (χ3v) is 5.10. The summed E-state index contributed by atoms with van der Waals surface area (Å²) < 4.78 is 18.2. The summed E-state index contributed by atoms with van der Waals surface area (Å²) in [6.45, 7) is 1.32. The van der Waals surface area contributed by atoms with Crippen LogP contribution in [0.5, 0.6) is 0 Å². The Kier molecular flexibility index (Phi) is 5.61. The number of hydrogen-bond donors (Lipinski definition) is 0. The maximum Gasteiger partial charge on any atom is 0.350 e. The Morgan fingerprint density at radius 1 is 1.11 bits per heavy atom. The van der Waals surface area contributed by atoms with Gasteiger partial charge in [0.2, 0.25) is 0 Å². The zero-order valence-corrected chi connectivity index (χ0v) is 15.6. The molecule has 0 aliphatic heterocycles. The maximum absolute atomic E-state index is 13.1. The van der Waals surface area contributed by atoms with Crippen LogP contribution in [0.15, 0.2) is 54.6 Å². The van der Waals surface area contributed by atoms with E-state index in [0.29, 0.717) is 26.8 Å². The van der Waals surface area contributed by atoms with Gasteiger partial charge in [-0.05, 0) is 43.3 Å². The van der Waals surface area contributed by atoms with E-state index in [1.807, 2.05) is 18.2 Å². The maximum atomic E-state index is 13.1. The van der Waals surface area contributed by atoms with E-state index in [1.54, 1.807) is 38.2 Å². The number of halogens is 1. The highest BCUT2D eigenvalue weighted by molar-refractivity contribution is 7.17. The first-order valence-corrected chi connectivity index (χ1v) is 8.99. The molecule has 0 saturated heterocycles. The molecule has 0 fully saturated rings. The van der Waals surface area contributed by atoms with E-state index in [2.05, 4.69) is 4.98 Å². The fourth-order valence-corrected chi connectivity index (χ4v) is 3.35. The molecule has 7 heteroatoms. The summed E-state index contributed by atoms with van der Waals surface area (Å²) in [5, 5.41) is 0.590. The molecule has 1 amide bonds. The standard InChI is InChI=1S/C20H17FN2O3S/c1-13-18(27-19(22-13)14-8-10-15(21)11-9-14)20(25)26-12-17(24)23(2)16-6-4-3-5-7-16/h3-11H,12H2,1-2H3. The van der Waals surface area contributed by atoms with Crippen LogP contribution in [0.4, 0.5) is 10.1 Å². The number of hydrogen-bond acceptors (Lipinski definition) is 5. The fraction of sp³-hybridized carbons (Fsp3) is 0.150. The van der Waals surface area contributed by atoms with Gasteiger partial charge in [0.15, 0.2) is 6.61 Å². The van der Waals surface area contributed by atoms with Crippen LogP contribution in [0, 0.1) is 12.7 Å². The number of aromatic nitrogens is 1. The van der Waals surface area contributed by atoms with Crippen LogP contribution in [0.1, 0.15) is 15.4 Å². The topological polar surface area (TPSA) is 59.5 Å². The monoisotopic (exact) mass is 384 g/mol. The lowest BCUT2D eigenvalue weighted by atomic mass is 10.2. The van der Waals surface area contributed by atoms with Gasteiger partial charge in [-0.25, -0.2) is 14.2 Å². The molecule has 1 aromatic heterocycles. The van der Waals surface area contributed by atoms with Gasteiger partial charge in [-0.1, -0.05) is 18.2 Å². The number of rotatable bonds is 5. The molecular weight excluding hydrogens is 367 g/mol. The van der Waals surface area contributed by atoms with Crippen LogP contribution in [0.3, 0.4) is 0 Å². The summed E-state index contributed by atoms with van der Waals surface area (Å²) >= 11 is 1.15. The third-order valence-electron chi connectivity index (χ3n) is 3.92. The zero-order valence-electron chi connectivity index (χ0n) is 14.8. The van der Waals surface area contributed by atoms with Crippen molar-refractivity contribution in [2.45, 2.75) is 6.92 Å². The number of aryl methyl sites for hydroxylation is 1. The Balaban J connectivity index is 1.66. The molecule has 27 heavy (non-hydrogen) atoms. The van der Waals surface area contributed by atoms with E-state index in [0.717, 1.165) is 11.3 Å². The second-order valence-electron chi connectivity index (χ2n) is 5.80. The minimum absolute atomic E-state index is 0.324. The summed E-state index contributed by atoms with van der Waals surface area (Å²) in [5.41, 5.74) is 1.93. The van der Waals surface area contributed by atoms with Crippen LogP contribution < -0.4 is 4.90 Å². The molecule has 0 radical (unpaired) electrons. The Hall–Kier alpha value is -3.06. The Bertz CT molecular complexity index is 955. The zero-order chi connectivity index (χ0) is 19.4. The highest BCUT2D eigenvalue weighted by Gasteiger charge is 2.20. The Morgan fingerprint density at radius 2 is 1.78 bits per heavy atom. The molecule has 0 N–H and O–H groups in total. The second kappa shape index (κ2) is 8.09. The molecule has 1 heterocycles. The summed E-state index contributed by atoms with van der Waals surface area (Å²) in [7, 11) is 1.62. The third kappa shape index (κ3) is 4.38. The van der Waals surface area contributed by atoms with Crippen molar-refractivity contribution in [3.05, 3.63) is 71.0 Å². The van der Waals surface area contributed by atoms with Gasteiger partial charge in [0, 0.05) is 18.3 Å². The summed E-state index contributed by atoms with van der Waals surface area (Å²) in [6.07, 6.45) is 0. The van der Waals surface area contributed by atoms with Gasteiger partial charge in [0.1, 0.15) is 15.7 Å². The van der Waals surface area contributed by atoms with Crippen molar-refractivity contribution in [2.24, 2.45) is 0 Å². The smallest absolute Gasteiger partial charge is 0.350 e. The number of likely N-dealkylation sites (N-methyl/N-ethyl adjacent to an activating group) is 1. The van der Waals surface area contributed by atoms with Crippen molar-refractivity contribution in [3.8, 4) is 10.6 Å². The molecule has 3 rings (SSSR count). The first kappa shape index (κ1) is 18.7. The minimum Gasteiger partial charge on any atom is -0.451 e. The SMILES string of the molecule is Cc1nc(-c2ccc(F)cc2)sc1C(=O)OCC(=O)N(C)c1ccccc1. The minimum atomic E-state index is -0.604. The van der Waals surface area contributed by atoms with E-state index in [1.165, 1.54) is 17.0 Å². The number of esters is 1. The van der Waals surface area contributed by atoms with Gasteiger partial charge < -0.3 is 9.64 Å². The van der Waals surface area contributed by atoms with Gasteiger partial charge in [-0.3, -0.25) is 4.79 Å². The molecule has 0 unspecified atom stereocenters. The molecule has 0 bridgehead atoms. The van der Waals surface area contributed by atoms with Crippen molar-refractivity contribution in [2.75, 3.05) is 18.6 Å². The number of carbonyl (C=O) groups excluding carboxylic acids is 2. The predicted octanol–water partition coefficient (Wildman–Crippen LogP) is 4.08. The Morgan fingerprint density at radius 3 is 2.44 bits per heavy atom. The molecule has 5 nitrogen and oxygen atoms in total. The van der Waals surface area contributed by atoms with Gasteiger partial charge in [0.25, 0.3) is 5.91 Å². The van der Waals surface area contributed by atoms with Gasteiger partial charge in [-0.15, -0.1) is 11.3 Å². The van der Waals surface area contributed by atoms with Crippen LogP contribution in [-0.2, 0) is 9.53 Å². The number of carbonyl (C=O) groups is 2. The first-order valence-electron chi connectivity index (χ1n) is 8.18. The molecule has 0 aliphatic carbocycles. The highest BCUT2D eigenvalue weighted by atomic mass is 32.1. The largest absolute Gasteiger partial charge is 0.451 e. The normalized spacial score (nSPS) is 10.5. The fourth-order valence-electron chi connectivity index (χ4n) is 2.39. The number of thiazole rings is 1. The molecule has 0 spiro atoms. The van der Waals surface area contributed by atoms with E-state index in [4.69, 9.17) is 4.74 Å². The van der Waals surface area contributed by atoms with E-state index < -0.39 is 5.97 Å². The molecule has 138 valence electrons. The average Bonchev–Trinajstić information content (AvgIpc) is 3.08. The summed E-state index contributed by atoms with van der Waals surface area (Å²) in [4.78, 5) is 30.7. The van der Waals surface area contributed by atoms with E-state index in [9.17, 15) is 14.0 Å². The van der Waals surface area contributed by atoms with Crippen LogP contribution in [0.2, 0.25) is 0 Å². The van der Waals surface area contributed by atoms with Crippen molar-refractivity contribution in [1.29, 1.82) is 0 Å². The van der Waals surface area contributed by atoms with Crippen LogP contribution in [-0.4, -0.2) is 30.5 Å². The van der Waals surface area contributed by atoms with Gasteiger partial charge in [0.05, 0.1) is 5.69 Å². The lowest BCUT2D eigenvalue weighted by Gasteiger charge is -2.16. The van der Waals surface area contributed by atoms with Crippen LogP contribution in [0.25, 0.3) is 10.6 Å². The van der Waals surface area contributed by atoms with Gasteiger partial charge >= 0.3 is 5.97 Å². The lowest BCUT2D eigenvalue weighted by molar-refractivity contribution is -0.121. The van der Waals surface area contributed by atoms with Crippen molar-refractivity contribution >= 4 is 28.9 Å². The van der Waals surface area contributed by atoms with Crippen LogP contribution >= 0.6 is 11.3 Å². The molecule has 0 saturated carbocycles. The molecular formula is C20H17FN2O3S. The van der Waals surface area contributed by atoms with Crippen molar-refractivity contribution in [3.63, 3.8) is 0 Å². The number of nitrogens with zero attached hydrogens (tertiary/aromatic N) is 2. The molecule has 2 aromatic carbocycles. The number of ether oxygens (including phenoxy) is 1. The highest BCUT2D eigenvalue weighted by Crippen LogP contribution is 2.28. The predicted molar refractivity (Wildman–Crippen MR) is 102 cm³/mol.